The van der Waals surface area contributed by atoms with E-state index in [2.05, 4.69) is 32.0 Å². The van der Waals surface area contributed by atoms with E-state index in [1.54, 1.807) is 27.1 Å². The number of ether oxygens (including phenoxy) is 2. The van der Waals surface area contributed by atoms with Gasteiger partial charge in [-0.25, -0.2) is 0 Å². The highest BCUT2D eigenvalue weighted by Crippen LogP contribution is 2.44. The maximum Gasteiger partial charge on any atom is 0.305 e. The van der Waals surface area contributed by atoms with Gasteiger partial charge in [0.25, 0.3) is 11.1 Å². The second-order valence-corrected chi connectivity index (χ2v) is 18.3. The lowest BCUT2D eigenvalue weighted by Crippen LogP contribution is -2.13. The molecule has 55 heavy (non-hydrogen) atoms. The molecule has 0 N–H and O–H groups in total. The highest BCUT2D eigenvalue weighted by molar-refractivity contribution is 7.27. The van der Waals surface area contributed by atoms with E-state index in [0.717, 1.165) is 87.8 Å². The molecule has 0 aliphatic heterocycles. The van der Waals surface area contributed by atoms with Crippen molar-refractivity contribution in [3.8, 4) is 0 Å². The van der Waals surface area contributed by atoms with Crippen molar-refractivity contribution in [1.82, 2.24) is 8.80 Å². The summed E-state index contributed by atoms with van der Waals surface area (Å²) in [5.41, 5.74) is 3.22. The van der Waals surface area contributed by atoms with Gasteiger partial charge in [-0.1, -0.05) is 84.1 Å². The van der Waals surface area contributed by atoms with Crippen LogP contribution in [0.3, 0.4) is 0 Å². The van der Waals surface area contributed by atoms with Gasteiger partial charge in [0.2, 0.25) is 0 Å². The van der Waals surface area contributed by atoms with Gasteiger partial charge in [0, 0.05) is 57.0 Å². The summed E-state index contributed by atoms with van der Waals surface area (Å²) in [5, 5.41) is 3.31. The molecule has 0 fully saturated rings. The predicted octanol–water partition coefficient (Wildman–Crippen LogP) is 11.4. The summed E-state index contributed by atoms with van der Waals surface area (Å²) < 4.78 is 18.3. The predicted molar refractivity (Wildman–Crippen MR) is 230 cm³/mol. The summed E-state index contributed by atoms with van der Waals surface area (Å²) in [6.45, 7) is 5.06. The van der Waals surface area contributed by atoms with E-state index in [9.17, 15) is 19.2 Å². The number of fused-ring (bicyclic) bond motifs is 8. The number of aromatic nitrogens is 2. The summed E-state index contributed by atoms with van der Waals surface area (Å²) in [6.07, 6.45) is 15.7. The number of rotatable bonds is 20. The molecule has 0 aliphatic carbocycles. The van der Waals surface area contributed by atoms with Crippen molar-refractivity contribution < 1.29 is 19.1 Å². The largest absolute Gasteiger partial charge is 0.465 e. The molecule has 1 aromatic carbocycles. The molecule has 0 unspecified atom stereocenters. The molecule has 11 heteroatoms. The molecule has 8 nitrogen and oxygen atoms in total. The fourth-order valence-corrected chi connectivity index (χ4v) is 11.5. The van der Waals surface area contributed by atoms with Crippen LogP contribution in [0.5, 0.6) is 0 Å². The zero-order chi connectivity index (χ0) is 38.1. The Bertz CT molecular complexity index is 2750. The van der Waals surface area contributed by atoms with Crippen molar-refractivity contribution in [2.75, 3.05) is 13.2 Å². The SMILES string of the molecule is CCCCCCCCC(=O)OCCc1cc2c(cc3c4ccc5c(=O)n6c7cc(CCOC(=O)CCCCCCCC)sc7cc6c6sc(c(=O)n23)c4c56)s1. The van der Waals surface area contributed by atoms with E-state index in [0.29, 0.717) is 49.0 Å². The molecule has 0 bridgehead atoms. The van der Waals surface area contributed by atoms with E-state index in [1.165, 1.54) is 62.7 Å². The van der Waals surface area contributed by atoms with Crippen molar-refractivity contribution in [3.05, 3.63) is 66.9 Å². The first kappa shape index (κ1) is 37.8. The van der Waals surface area contributed by atoms with Crippen LogP contribution in [0.15, 0.2) is 46.0 Å². The molecule has 288 valence electrons. The Labute approximate surface area is 331 Å². The van der Waals surface area contributed by atoms with Crippen LogP contribution in [0.25, 0.3) is 62.4 Å². The van der Waals surface area contributed by atoms with Gasteiger partial charge in [-0.05, 0) is 43.2 Å². The molecule has 0 atom stereocenters. The van der Waals surface area contributed by atoms with Gasteiger partial charge in [0.05, 0.1) is 49.4 Å². The molecule has 7 aromatic heterocycles. The minimum absolute atomic E-state index is 0.0757. The van der Waals surface area contributed by atoms with E-state index in [4.69, 9.17) is 9.47 Å². The molecule has 0 saturated carbocycles. The van der Waals surface area contributed by atoms with E-state index >= 15 is 0 Å². The Morgan fingerprint density at radius 3 is 1.62 bits per heavy atom. The van der Waals surface area contributed by atoms with Crippen LogP contribution >= 0.6 is 34.0 Å². The first-order chi connectivity index (χ1) is 26.9. The highest BCUT2D eigenvalue weighted by Gasteiger charge is 2.25. The van der Waals surface area contributed by atoms with Gasteiger partial charge in [0.15, 0.2) is 0 Å². The fraction of sp³-hybridized carbons (Fsp3) is 0.455. The summed E-state index contributed by atoms with van der Waals surface area (Å²) in [4.78, 5) is 55.2. The Morgan fingerprint density at radius 1 is 0.545 bits per heavy atom. The first-order valence-corrected chi connectivity index (χ1v) is 22.6. The van der Waals surface area contributed by atoms with E-state index in [-0.39, 0.29) is 23.1 Å². The van der Waals surface area contributed by atoms with Crippen LogP contribution in [0.2, 0.25) is 0 Å². The molecule has 0 amide bonds. The van der Waals surface area contributed by atoms with Gasteiger partial charge in [-0.3, -0.25) is 28.0 Å². The van der Waals surface area contributed by atoms with Crippen LogP contribution < -0.4 is 11.1 Å². The summed E-state index contributed by atoms with van der Waals surface area (Å²) >= 11 is 4.72. The molecular formula is C44H48N2O6S3. The van der Waals surface area contributed by atoms with Crippen molar-refractivity contribution in [2.45, 2.75) is 117 Å². The Kier molecular flexibility index (Phi) is 11.4. The molecule has 8 rings (SSSR count). The number of benzene rings is 1. The molecular weight excluding hydrogens is 749 g/mol. The molecule has 7 heterocycles. The Morgan fingerprint density at radius 2 is 1.04 bits per heavy atom. The monoisotopic (exact) mass is 796 g/mol. The third kappa shape index (κ3) is 7.35. The zero-order valence-corrected chi connectivity index (χ0v) is 34.2. The lowest BCUT2D eigenvalue weighted by Gasteiger charge is -2.06. The number of carbonyl (C=O) groups excluding carboxylic acids is 2. The molecule has 0 radical (unpaired) electrons. The zero-order valence-electron chi connectivity index (χ0n) is 31.8. The summed E-state index contributed by atoms with van der Waals surface area (Å²) in [5.74, 6) is -0.280. The maximum atomic E-state index is 14.3. The van der Waals surface area contributed by atoms with Crippen LogP contribution in [-0.2, 0) is 31.9 Å². The Balaban J connectivity index is 1.01. The smallest absolute Gasteiger partial charge is 0.305 e. The third-order valence-electron chi connectivity index (χ3n) is 11.0. The lowest BCUT2D eigenvalue weighted by atomic mass is 10.0. The number of thiophene rings is 3. The van der Waals surface area contributed by atoms with Gasteiger partial charge in [-0.15, -0.1) is 34.0 Å². The number of esters is 2. The quantitative estimate of drug-likeness (QED) is 0.0433. The minimum atomic E-state index is -0.142. The van der Waals surface area contributed by atoms with Crippen molar-refractivity contribution in [3.63, 3.8) is 0 Å². The standard InChI is InChI=1S/C44H48N2O6S3/c1-3-5-7-9-11-13-15-37(47)51-21-19-27-23-32-35(53-27)25-31-29-17-18-30-40-39(29)42(44(50)45(31)32)55-41(40)34-26-36-33(46(34)43(30)49)24-28(54-36)20-22-52-38(48)16-14-12-10-8-6-4-2/h17-18,23-26H,3-16,19-22H2,1-2H3. The van der Waals surface area contributed by atoms with Crippen molar-refractivity contribution in [1.29, 1.82) is 0 Å². The van der Waals surface area contributed by atoms with Gasteiger partial charge in [-0.2, -0.15) is 0 Å². The number of pyridine rings is 2. The molecule has 0 spiro atoms. The van der Waals surface area contributed by atoms with Gasteiger partial charge < -0.3 is 9.47 Å². The maximum absolute atomic E-state index is 14.3. The van der Waals surface area contributed by atoms with Crippen molar-refractivity contribution >= 4 is 108 Å². The first-order valence-electron chi connectivity index (χ1n) is 20.2. The normalized spacial score (nSPS) is 12.3. The van der Waals surface area contributed by atoms with Crippen LogP contribution in [-0.4, -0.2) is 34.0 Å². The average Bonchev–Trinajstić information content (AvgIpc) is 3.99. The van der Waals surface area contributed by atoms with Crippen LogP contribution in [0.4, 0.5) is 0 Å². The topological polar surface area (TPSA) is 95.6 Å². The lowest BCUT2D eigenvalue weighted by molar-refractivity contribution is -0.144. The third-order valence-corrected chi connectivity index (χ3v) is 14.4. The van der Waals surface area contributed by atoms with E-state index < -0.39 is 0 Å². The van der Waals surface area contributed by atoms with E-state index in [1.807, 2.05) is 22.6 Å². The number of carbonyl (C=O) groups is 2. The van der Waals surface area contributed by atoms with Crippen molar-refractivity contribution in [2.24, 2.45) is 0 Å². The number of nitrogens with zero attached hydrogens (tertiary/aromatic N) is 2. The number of unbranched alkanes of at least 4 members (excludes halogenated alkanes) is 10. The highest BCUT2D eigenvalue weighted by atomic mass is 32.1. The summed E-state index contributed by atoms with van der Waals surface area (Å²) in [7, 11) is 0. The minimum Gasteiger partial charge on any atom is -0.465 e. The average molecular weight is 797 g/mol. The van der Waals surface area contributed by atoms with Crippen LogP contribution in [0.1, 0.15) is 113 Å². The Hall–Kier alpha value is -4.06. The second kappa shape index (κ2) is 16.6. The molecule has 0 saturated heterocycles. The second-order valence-electron chi connectivity index (χ2n) is 14.9. The molecule has 0 aliphatic rings. The summed E-state index contributed by atoms with van der Waals surface area (Å²) in [6, 6.07) is 12.2. The van der Waals surface area contributed by atoms with Gasteiger partial charge in [0.1, 0.15) is 4.70 Å². The number of hydrogen-bond donors (Lipinski definition) is 0. The fourth-order valence-electron chi connectivity index (χ4n) is 8.13. The molecule has 8 aromatic rings. The number of hydrogen-bond acceptors (Lipinski definition) is 9. The van der Waals surface area contributed by atoms with Crippen LogP contribution in [0, 0.1) is 0 Å². The van der Waals surface area contributed by atoms with Gasteiger partial charge >= 0.3 is 11.9 Å².